The van der Waals surface area contributed by atoms with Crippen LogP contribution in [0.1, 0.15) is 41.4 Å². The number of aromatic amines is 2. The highest BCUT2D eigenvalue weighted by atomic mass is 35.5. The normalized spacial score (nSPS) is 12.6. The van der Waals surface area contributed by atoms with E-state index in [0.717, 1.165) is 34.3 Å². The number of nitrogens with zero attached hydrogens (tertiary/aromatic N) is 1. The lowest BCUT2D eigenvalue weighted by Crippen LogP contribution is -2.09. The van der Waals surface area contributed by atoms with Crippen LogP contribution in [0.3, 0.4) is 0 Å². The molecule has 4 aromatic rings. The number of ether oxygens (including phenoxy) is 1. The van der Waals surface area contributed by atoms with Crippen LogP contribution in [-0.2, 0) is 6.18 Å². The van der Waals surface area contributed by atoms with Gasteiger partial charge in [0.2, 0.25) is 0 Å². The number of halogens is 4. The van der Waals surface area contributed by atoms with E-state index in [1.54, 1.807) is 19.4 Å². The highest BCUT2D eigenvalue weighted by Gasteiger charge is 2.31. The Morgan fingerprint density at radius 1 is 1.03 bits per heavy atom. The number of alkyl halides is 4. The topological polar surface area (TPSA) is 53.7 Å². The number of hydrogen-bond acceptors (Lipinski definition) is 2. The SMILES string of the molecule is COc1cc(-c2cnc(C(CCCCl)c3cccc(C(F)(F)F)c3)[nH]2)ccc1-c1ccc(C)[nH]1. The lowest BCUT2D eigenvalue weighted by Gasteiger charge is -2.17. The molecule has 4 nitrogen and oxygen atoms in total. The molecule has 2 heterocycles. The first-order valence-electron chi connectivity index (χ1n) is 10.9. The lowest BCUT2D eigenvalue weighted by molar-refractivity contribution is -0.137. The summed E-state index contributed by atoms with van der Waals surface area (Å²) in [6, 6.07) is 15.2. The summed E-state index contributed by atoms with van der Waals surface area (Å²) in [7, 11) is 1.62. The third kappa shape index (κ3) is 5.14. The minimum atomic E-state index is -4.41. The van der Waals surface area contributed by atoms with Crippen LogP contribution in [0.25, 0.3) is 22.5 Å². The minimum absolute atomic E-state index is 0.335. The number of benzene rings is 2. The lowest BCUT2D eigenvalue weighted by atomic mass is 9.92. The van der Waals surface area contributed by atoms with Crippen molar-refractivity contribution in [3.63, 3.8) is 0 Å². The second kappa shape index (κ2) is 9.97. The average molecular weight is 488 g/mol. The third-order valence-electron chi connectivity index (χ3n) is 5.80. The molecule has 2 aromatic carbocycles. The van der Waals surface area contributed by atoms with Crippen molar-refractivity contribution in [1.29, 1.82) is 0 Å². The van der Waals surface area contributed by atoms with Crippen LogP contribution in [-0.4, -0.2) is 27.9 Å². The molecule has 0 aliphatic carbocycles. The van der Waals surface area contributed by atoms with Crippen molar-refractivity contribution in [2.45, 2.75) is 31.9 Å². The maximum atomic E-state index is 13.3. The van der Waals surface area contributed by atoms with Gasteiger partial charge in [-0.3, -0.25) is 0 Å². The highest BCUT2D eigenvalue weighted by Crippen LogP contribution is 2.36. The van der Waals surface area contributed by atoms with Crippen LogP contribution in [0.15, 0.2) is 60.8 Å². The molecule has 34 heavy (non-hydrogen) atoms. The monoisotopic (exact) mass is 487 g/mol. The van der Waals surface area contributed by atoms with E-state index in [1.165, 1.54) is 12.1 Å². The fourth-order valence-electron chi connectivity index (χ4n) is 4.08. The van der Waals surface area contributed by atoms with Crippen molar-refractivity contribution in [3.8, 4) is 28.3 Å². The van der Waals surface area contributed by atoms with Gasteiger partial charge in [0.25, 0.3) is 0 Å². The van der Waals surface area contributed by atoms with Gasteiger partial charge in [-0.2, -0.15) is 13.2 Å². The molecular formula is C26H25ClF3N3O. The number of methoxy groups -OCH3 is 1. The van der Waals surface area contributed by atoms with Gasteiger partial charge in [0, 0.05) is 34.3 Å². The Labute approximate surface area is 201 Å². The van der Waals surface area contributed by atoms with Crippen LogP contribution in [0.2, 0.25) is 0 Å². The summed E-state index contributed by atoms with van der Waals surface area (Å²) in [4.78, 5) is 11.1. The van der Waals surface area contributed by atoms with Crippen LogP contribution in [0.5, 0.6) is 5.75 Å². The zero-order valence-corrected chi connectivity index (χ0v) is 19.6. The molecule has 8 heteroatoms. The molecule has 4 rings (SSSR count). The minimum Gasteiger partial charge on any atom is -0.496 e. The number of H-pyrrole nitrogens is 2. The van der Waals surface area contributed by atoms with E-state index in [0.29, 0.717) is 35.9 Å². The zero-order chi connectivity index (χ0) is 24.3. The predicted molar refractivity (Wildman–Crippen MR) is 128 cm³/mol. The molecule has 0 bridgehead atoms. The molecule has 2 aromatic heterocycles. The van der Waals surface area contributed by atoms with E-state index in [2.05, 4.69) is 15.0 Å². The molecule has 1 unspecified atom stereocenters. The zero-order valence-electron chi connectivity index (χ0n) is 18.8. The molecule has 0 aliphatic heterocycles. The van der Waals surface area contributed by atoms with Crippen molar-refractivity contribution in [2.75, 3.05) is 13.0 Å². The Hall–Kier alpha value is -3.19. The van der Waals surface area contributed by atoms with Gasteiger partial charge < -0.3 is 14.7 Å². The molecular weight excluding hydrogens is 463 g/mol. The fourth-order valence-corrected chi connectivity index (χ4v) is 4.23. The van der Waals surface area contributed by atoms with E-state index < -0.39 is 11.7 Å². The van der Waals surface area contributed by atoms with E-state index in [9.17, 15) is 13.2 Å². The Morgan fingerprint density at radius 3 is 2.53 bits per heavy atom. The number of hydrogen-bond donors (Lipinski definition) is 2. The third-order valence-corrected chi connectivity index (χ3v) is 6.07. The summed E-state index contributed by atoms with van der Waals surface area (Å²) >= 11 is 5.90. The van der Waals surface area contributed by atoms with Crippen LogP contribution < -0.4 is 4.74 Å². The van der Waals surface area contributed by atoms with Gasteiger partial charge in [-0.1, -0.05) is 24.3 Å². The molecule has 2 N–H and O–H groups in total. The number of aryl methyl sites for hydroxylation is 1. The molecule has 0 radical (unpaired) electrons. The summed E-state index contributed by atoms with van der Waals surface area (Å²) in [5.74, 6) is 1.38. The van der Waals surface area contributed by atoms with E-state index in [1.807, 2.05) is 37.3 Å². The first-order valence-corrected chi connectivity index (χ1v) is 11.5. The highest BCUT2D eigenvalue weighted by molar-refractivity contribution is 6.17. The molecule has 0 saturated carbocycles. The molecule has 1 atom stereocenters. The van der Waals surface area contributed by atoms with E-state index in [4.69, 9.17) is 16.3 Å². The Morgan fingerprint density at radius 2 is 1.85 bits per heavy atom. The summed E-state index contributed by atoms with van der Waals surface area (Å²) in [5, 5.41) is 0. The number of rotatable bonds is 8. The molecule has 178 valence electrons. The van der Waals surface area contributed by atoms with Crippen molar-refractivity contribution >= 4 is 11.6 Å². The van der Waals surface area contributed by atoms with E-state index >= 15 is 0 Å². The summed E-state index contributed by atoms with van der Waals surface area (Å²) in [6.07, 6.45) is -1.48. The summed E-state index contributed by atoms with van der Waals surface area (Å²) < 4.78 is 45.5. The molecule has 0 saturated heterocycles. The van der Waals surface area contributed by atoms with Crippen LogP contribution in [0, 0.1) is 6.92 Å². The van der Waals surface area contributed by atoms with Gasteiger partial charge in [-0.15, -0.1) is 11.6 Å². The standard InChI is InChI=1S/C26H25ClF3N3O/c1-16-8-11-22(32-16)21-10-9-18(14-24(21)34-2)23-15-31-25(33-23)20(7-4-12-27)17-5-3-6-19(13-17)26(28,29)30/h3,5-6,8-11,13-15,20,32H,4,7,12H2,1-2H3,(H,31,33). The smallest absolute Gasteiger partial charge is 0.416 e. The molecule has 0 spiro atoms. The van der Waals surface area contributed by atoms with Crippen molar-refractivity contribution < 1.29 is 17.9 Å². The van der Waals surface area contributed by atoms with Gasteiger partial charge in [0.1, 0.15) is 11.6 Å². The summed E-state index contributed by atoms with van der Waals surface area (Å²) in [6.45, 7) is 1.99. The first-order chi connectivity index (χ1) is 16.3. The van der Waals surface area contributed by atoms with E-state index in [-0.39, 0.29) is 5.92 Å². The maximum Gasteiger partial charge on any atom is 0.416 e. The van der Waals surface area contributed by atoms with Crippen LogP contribution in [0.4, 0.5) is 13.2 Å². The van der Waals surface area contributed by atoms with Crippen molar-refractivity contribution in [3.05, 3.63) is 83.4 Å². The second-order valence-electron chi connectivity index (χ2n) is 8.16. The van der Waals surface area contributed by atoms with Crippen molar-refractivity contribution in [1.82, 2.24) is 15.0 Å². The average Bonchev–Trinajstić information content (AvgIpc) is 3.48. The molecule has 0 amide bonds. The number of imidazole rings is 1. The first kappa shape index (κ1) is 24.0. The maximum absolute atomic E-state index is 13.3. The van der Waals surface area contributed by atoms with Gasteiger partial charge in [-0.25, -0.2) is 4.98 Å². The van der Waals surface area contributed by atoms with Gasteiger partial charge >= 0.3 is 6.18 Å². The van der Waals surface area contributed by atoms with Gasteiger partial charge in [-0.05, 0) is 55.7 Å². The van der Waals surface area contributed by atoms with Crippen molar-refractivity contribution in [2.24, 2.45) is 0 Å². The van der Waals surface area contributed by atoms with Gasteiger partial charge in [0.05, 0.1) is 24.6 Å². The second-order valence-corrected chi connectivity index (χ2v) is 8.54. The molecule has 0 aliphatic rings. The Balaban J connectivity index is 1.67. The molecule has 0 fully saturated rings. The van der Waals surface area contributed by atoms with Gasteiger partial charge in [0.15, 0.2) is 0 Å². The largest absolute Gasteiger partial charge is 0.496 e. The fraction of sp³-hybridized carbons (Fsp3) is 0.269. The van der Waals surface area contributed by atoms with Crippen LogP contribution >= 0.6 is 11.6 Å². The summed E-state index contributed by atoms with van der Waals surface area (Å²) in [5.41, 5.74) is 4.44. The Bertz CT molecular complexity index is 1260. The predicted octanol–water partition coefficient (Wildman–Crippen LogP) is 7.56. The number of nitrogens with one attached hydrogen (secondary N) is 2. The quantitative estimate of drug-likeness (QED) is 0.252. The number of aromatic nitrogens is 3. The Kier molecular flexibility index (Phi) is 7.03.